The molecule has 0 bridgehead atoms. The van der Waals surface area contributed by atoms with E-state index in [1.807, 2.05) is 0 Å². The third-order valence-corrected chi connectivity index (χ3v) is 6.11. The van der Waals surface area contributed by atoms with Crippen LogP contribution in [0, 0.1) is 17.8 Å². The van der Waals surface area contributed by atoms with Gasteiger partial charge in [-0.15, -0.1) is 0 Å². The maximum Gasteiger partial charge on any atom is 0.305 e. The van der Waals surface area contributed by atoms with Gasteiger partial charge in [0.2, 0.25) is 0 Å². The number of carbonyl (C=O) groups is 1. The molecule has 1 saturated carbocycles. The normalized spacial score (nSPS) is 35.1. The van der Waals surface area contributed by atoms with Crippen LogP contribution < -0.4 is 0 Å². The Morgan fingerprint density at radius 2 is 2.24 bits per heavy atom. The number of aliphatic hydroxyl groups excluding tert-OH is 1. The van der Waals surface area contributed by atoms with Gasteiger partial charge in [-0.25, -0.2) is 0 Å². The zero-order chi connectivity index (χ0) is 17.6. The van der Waals surface area contributed by atoms with Gasteiger partial charge in [0.05, 0.1) is 13.2 Å². The maximum atomic E-state index is 11.3. The molecule has 1 heterocycles. The molecule has 5 atom stereocenters. The van der Waals surface area contributed by atoms with E-state index in [9.17, 15) is 9.90 Å². The Morgan fingerprint density at radius 1 is 1.36 bits per heavy atom. The Morgan fingerprint density at radius 3 is 2.96 bits per heavy atom. The lowest BCUT2D eigenvalue weighted by Crippen LogP contribution is -2.33. The highest BCUT2D eigenvalue weighted by Crippen LogP contribution is 2.47. The van der Waals surface area contributed by atoms with Crippen LogP contribution in [0.1, 0.15) is 57.8 Å². The molecule has 0 amide bonds. The fraction of sp³-hybridized carbons (Fsp3) is 0.850. The van der Waals surface area contributed by atoms with E-state index in [1.54, 1.807) is 0 Å². The highest BCUT2D eigenvalue weighted by Gasteiger charge is 2.44. The molecule has 1 aliphatic heterocycles. The van der Waals surface area contributed by atoms with Crippen LogP contribution in [0.3, 0.4) is 0 Å². The van der Waals surface area contributed by atoms with Crippen molar-refractivity contribution < 1.29 is 24.1 Å². The average Bonchev–Trinajstić information content (AvgIpc) is 2.98. The minimum atomic E-state index is -0.128. The summed E-state index contributed by atoms with van der Waals surface area (Å²) in [7, 11) is 1.44. The highest BCUT2D eigenvalue weighted by atomic mass is 16.7. The maximum absolute atomic E-state index is 11.3. The Labute approximate surface area is 150 Å². The fourth-order valence-electron chi connectivity index (χ4n) is 4.76. The first-order valence-corrected chi connectivity index (χ1v) is 9.85. The first kappa shape index (κ1) is 18.9. The van der Waals surface area contributed by atoms with E-state index < -0.39 is 0 Å². The van der Waals surface area contributed by atoms with Crippen molar-refractivity contribution in [2.45, 2.75) is 70.2 Å². The van der Waals surface area contributed by atoms with Crippen molar-refractivity contribution in [3.8, 4) is 0 Å². The van der Waals surface area contributed by atoms with E-state index in [0.717, 1.165) is 58.0 Å². The molecule has 0 aromatic heterocycles. The summed E-state index contributed by atoms with van der Waals surface area (Å²) in [5.41, 5.74) is 1.46. The summed E-state index contributed by atoms with van der Waals surface area (Å²) in [4.78, 5) is 11.3. The molecule has 5 heteroatoms. The van der Waals surface area contributed by atoms with Crippen LogP contribution in [0.4, 0.5) is 0 Å². The van der Waals surface area contributed by atoms with Crippen LogP contribution in [0.15, 0.2) is 11.6 Å². The van der Waals surface area contributed by atoms with Crippen LogP contribution >= 0.6 is 0 Å². The minimum Gasteiger partial charge on any atom is -0.469 e. The standard InChI is InChI=1S/C20H32O5/c1-23-19(22)6-4-5-14-8-9-16-15(11-14)12-18(17(16)13-21)25-20-7-2-3-10-24-20/h11,15-18,20-21H,2-10,12-13H2,1H3. The number of hydrogen-bond acceptors (Lipinski definition) is 5. The van der Waals surface area contributed by atoms with Gasteiger partial charge < -0.3 is 19.3 Å². The number of hydrogen-bond donors (Lipinski definition) is 1. The Balaban J connectivity index is 1.54. The van der Waals surface area contributed by atoms with Gasteiger partial charge in [0, 0.05) is 25.6 Å². The number of esters is 1. The topological polar surface area (TPSA) is 65.0 Å². The molecule has 1 N–H and O–H groups in total. The van der Waals surface area contributed by atoms with Crippen molar-refractivity contribution in [1.82, 2.24) is 0 Å². The van der Waals surface area contributed by atoms with E-state index >= 15 is 0 Å². The molecule has 2 fully saturated rings. The molecule has 3 rings (SSSR count). The number of carbonyl (C=O) groups excluding carboxylic acids is 1. The summed E-state index contributed by atoms with van der Waals surface area (Å²) in [6, 6.07) is 0. The van der Waals surface area contributed by atoms with E-state index in [4.69, 9.17) is 14.2 Å². The van der Waals surface area contributed by atoms with Crippen molar-refractivity contribution >= 4 is 5.97 Å². The number of rotatable bonds is 7. The van der Waals surface area contributed by atoms with E-state index in [0.29, 0.717) is 18.3 Å². The lowest BCUT2D eigenvalue weighted by molar-refractivity contribution is -0.198. The van der Waals surface area contributed by atoms with Crippen LogP contribution in [0.2, 0.25) is 0 Å². The predicted molar refractivity (Wildman–Crippen MR) is 93.8 cm³/mol. The SMILES string of the molecule is COC(=O)CCCC1=CC2CC(OC3CCCCO3)C(CO)C2CC1. The first-order valence-electron chi connectivity index (χ1n) is 9.85. The first-order chi connectivity index (χ1) is 12.2. The highest BCUT2D eigenvalue weighted by molar-refractivity contribution is 5.69. The molecule has 2 aliphatic carbocycles. The molecule has 0 aromatic carbocycles. The number of methoxy groups -OCH3 is 1. The second-order valence-corrected chi connectivity index (χ2v) is 7.67. The molecule has 3 aliphatic rings. The summed E-state index contributed by atoms with van der Waals surface area (Å²) >= 11 is 0. The Bertz CT molecular complexity index is 469. The molecule has 5 nitrogen and oxygen atoms in total. The fourth-order valence-corrected chi connectivity index (χ4v) is 4.76. The lowest BCUT2D eigenvalue weighted by Gasteiger charge is -2.30. The third-order valence-electron chi connectivity index (χ3n) is 6.11. The van der Waals surface area contributed by atoms with Crippen molar-refractivity contribution in [3.05, 3.63) is 11.6 Å². The quantitative estimate of drug-likeness (QED) is 0.563. The van der Waals surface area contributed by atoms with Gasteiger partial charge in [-0.1, -0.05) is 11.6 Å². The molecular weight excluding hydrogens is 320 g/mol. The molecule has 5 unspecified atom stereocenters. The lowest BCUT2D eigenvalue weighted by atomic mass is 9.78. The van der Waals surface area contributed by atoms with Crippen LogP contribution in [-0.4, -0.2) is 43.8 Å². The summed E-state index contributed by atoms with van der Waals surface area (Å²) in [5, 5.41) is 9.91. The summed E-state index contributed by atoms with van der Waals surface area (Å²) < 4.78 is 16.7. The van der Waals surface area contributed by atoms with Gasteiger partial charge >= 0.3 is 5.97 Å². The summed E-state index contributed by atoms with van der Waals surface area (Å²) in [6.45, 7) is 0.988. The van der Waals surface area contributed by atoms with Gasteiger partial charge in [-0.2, -0.15) is 0 Å². The Kier molecular flexibility index (Phi) is 6.91. The van der Waals surface area contributed by atoms with E-state index in [2.05, 4.69) is 6.08 Å². The zero-order valence-electron chi connectivity index (χ0n) is 15.3. The second-order valence-electron chi connectivity index (χ2n) is 7.67. The predicted octanol–water partition coefficient (Wildman–Crippen LogP) is 3.21. The Hall–Kier alpha value is -0.910. The molecule has 1 saturated heterocycles. The van der Waals surface area contributed by atoms with Gasteiger partial charge in [-0.05, 0) is 63.2 Å². The number of allylic oxidation sites excluding steroid dienone is 2. The van der Waals surface area contributed by atoms with Crippen LogP contribution in [-0.2, 0) is 19.0 Å². The van der Waals surface area contributed by atoms with Gasteiger partial charge in [0.15, 0.2) is 6.29 Å². The van der Waals surface area contributed by atoms with Crippen LogP contribution in [0.5, 0.6) is 0 Å². The average molecular weight is 352 g/mol. The second kappa shape index (κ2) is 9.15. The smallest absolute Gasteiger partial charge is 0.305 e. The van der Waals surface area contributed by atoms with Gasteiger partial charge in [0.1, 0.15) is 0 Å². The summed E-state index contributed by atoms with van der Waals surface area (Å²) in [6.07, 6.45) is 11.2. The number of aliphatic hydroxyl groups is 1. The summed E-state index contributed by atoms with van der Waals surface area (Å²) in [5.74, 6) is 1.11. The van der Waals surface area contributed by atoms with Crippen molar-refractivity contribution in [2.24, 2.45) is 17.8 Å². The van der Waals surface area contributed by atoms with Gasteiger partial charge in [0.25, 0.3) is 0 Å². The van der Waals surface area contributed by atoms with E-state index in [-0.39, 0.29) is 30.9 Å². The number of ether oxygens (including phenoxy) is 3. The van der Waals surface area contributed by atoms with Crippen molar-refractivity contribution in [2.75, 3.05) is 20.3 Å². The molecular formula is C20H32O5. The molecule has 142 valence electrons. The molecule has 0 radical (unpaired) electrons. The van der Waals surface area contributed by atoms with Crippen LogP contribution in [0.25, 0.3) is 0 Å². The molecule has 25 heavy (non-hydrogen) atoms. The molecule has 0 spiro atoms. The number of fused-ring (bicyclic) bond motifs is 1. The van der Waals surface area contributed by atoms with Gasteiger partial charge in [-0.3, -0.25) is 4.79 Å². The molecule has 0 aromatic rings. The third kappa shape index (κ3) is 4.83. The minimum absolute atomic E-state index is 0.0866. The van der Waals surface area contributed by atoms with Crippen molar-refractivity contribution in [1.29, 1.82) is 0 Å². The monoisotopic (exact) mass is 352 g/mol. The van der Waals surface area contributed by atoms with Crippen molar-refractivity contribution in [3.63, 3.8) is 0 Å². The zero-order valence-corrected chi connectivity index (χ0v) is 15.3. The van der Waals surface area contributed by atoms with E-state index in [1.165, 1.54) is 12.7 Å². The largest absolute Gasteiger partial charge is 0.469 e.